The van der Waals surface area contributed by atoms with Gasteiger partial charge in [0.1, 0.15) is 0 Å². The highest BCUT2D eigenvalue weighted by Gasteiger charge is 2.51. The minimum Gasteiger partial charge on any atom is -0.481 e. The van der Waals surface area contributed by atoms with Crippen molar-refractivity contribution in [1.82, 2.24) is 9.38 Å². The molecule has 200 valence electrons. The molecule has 0 radical (unpaired) electrons. The summed E-state index contributed by atoms with van der Waals surface area (Å²) >= 11 is 0. The van der Waals surface area contributed by atoms with Crippen molar-refractivity contribution in [2.75, 3.05) is 7.11 Å². The van der Waals surface area contributed by atoms with Gasteiger partial charge in [0.25, 0.3) is 5.56 Å². The third-order valence-corrected chi connectivity index (χ3v) is 6.31. The van der Waals surface area contributed by atoms with Gasteiger partial charge in [-0.25, -0.2) is 9.78 Å². The average Bonchev–Trinajstić information content (AvgIpc) is 2.83. The predicted octanol–water partition coefficient (Wildman–Crippen LogP) is 1.20. The largest absolute Gasteiger partial charge is 0.481 e. The molecule has 37 heavy (non-hydrogen) atoms. The molecule has 0 amide bonds. The smallest absolute Gasteiger partial charge is 0.335 e. The minimum absolute atomic E-state index is 0.0254. The van der Waals surface area contributed by atoms with E-state index in [1.165, 1.54) is 28.9 Å². The first-order valence-corrected chi connectivity index (χ1v) is 11.6. The fourth-order valence-corrected chi connectivity index (χ4v) is 4.74. The molecule has 0 aliphatic carbocycles. The van der Waals surface area contributed by atoms with Crippen LogP contribution in [0.5, 0.6) is 5.75 Å². The summed E-state index contributed by atoms with van der Waals surface area (Å²) in [6.45, 7) is 1.92. The Hall–Kier alpha value is -4.00. The number of carboxylic acids is 3. The zero-order valence-electron chi connectivity index (χ0n) is 20.2. The van der Waals surface area contributed by atoms with Crippen molar-refractivity contribution < 1.29 is 48.7 Å². The number of fused-ring (bicyclic) bond motifs is 1. The van der Waals surface area contributed by atoms with Crippen LogP contribution in [0.25, 0.3) is 5.65 Å². The molecule has 1 aliphatic rings. The first-order chi connectivity index (χ1) is 17.6. The van der Waals surface area contributed by atoms with E-state index in [2.05, 4.69) is 4.98 Å². The number of rotatable bonds is 11. The zero-order chi connectivity index (χ0) is 27.3. The van der Waals surface area contributed by atoms with Gasteiger partial charge in [-0.05, 0) is 24.5 Å². The number of hydrogen-bond donors (Lipinski definition) is 3. The Bertz CT molecular complexity index is 1240. The standard InChI is InChI=1S/C24H28N2O11/c1-3-5-12-11-25-21-16(6-4-7-26(21)22(12)33)36-24-15(10-19(31)32)13(8-17(27)28)14(9-18(29)30)20(37-24)23(34)35-2/h4,6-7,11,13-15,20,24H,3,5,8-10H2,1-2H3,(H,27,28)(H,29,30)(H,31,32)/t13-,14-,15+,20-,24+/m0/s1. The Morgan fingerprint density at radius 2 is 1.65 bits per heavy atom. The molecule has 0 bridgehead atoms. The van der Waals surface area contributed by atoms with Crippen LogP contribution < -0.4 is 10.3 Å². The quantitative estimate of drug-likeness (QED) is 0.359. The molecule has 2 aromatic heterocycles. The van der Waals surface area contributed by atoms with Crippen LogP contribution in [-0.4, -0.2) is 68.1 Å². The Kier molecular flexibility index (Phi) is 8.81. The van der Waals surface area contributed by atoms with E-state index in [9.17, 15) is 39.3 Å². The van der Waals surface area contributed by atoms with Gasteiger partial charge < -0.3 is 29.5 Å². The summed E-state index contributed by atoms with van der Waals surface area (Å²) in [6, 6.07) is 2.97. The Morgan fingerprint density at radius 1 is 1.03 bits per heavy atom. The van der Waals surface area contributed by atoms with Crippen molar-refractivity contribution >= 4 is 29.5 Å². The van der Waals surface area contributed by atoms with Crippen molar-refractivity contribution in [3.8, 4) is 5.75 Å². The monoisotopic (exact) mass is 520 g/mol. The van der Waals surface area contributed by atoms with Gasteiger partial charge in [0.15, 0.2) is 17.5 Å². The summed E-state index contributed by atoms with van der Waals surface area (Å²) in [6.07, 6.45) is -0.829. The van der Waals surface area contributed by atoms with Gasteiger partial charge in [0.05, 0.1) is 20.0 Å². The molecule has 0 saturated carbocycles. The van der Waals surface area contributed by atoms with Crippen LogP contribution in [0.4, 0.5) is 0 Å². The van der Waals surface area contributed by atoms with Gasteiger partial charge >= 0.3 is 23.9 Å². The van der Waals surface area contributed by atoms with Crippen LogP contribution in [0.1, 0.15) is 38.2 Å². The maximum Gasteiger partial charge on any atom is 0.335 e. The number of aryl methyl sites for hydroxylation is 1. The number of aromatic nitrogens is 2. The normalized spacial score (nSPS) is 23.4. The summed E-state index contributed by atoms with van der Waals surface area (Å²) in [5.41, 5.74) is 0.266. The number of pyridine rings is 1. The van der Waals surface area contributed by atoms with Crippen LogP contribution in [0.15, 0.2) is 29.3 Å². The van der Waals surface area contributed by atoms with Crippen molar-refractivity contribution in [2.24, 2.45) is 17.8 Å². The van der Waals surface area contributed by atoms with E-state index >= 15 is 0 Å². The molecular formula is C24H28N2O11. The number of methoxy groups -OCH3 is 1. The Morgan fingerprint density at radius 3 is 2.24 bits per heavy atom. The summed E-state index contributed by atoms with van der Waals surface area (Å²) in [4.78, 5) is 64.7. The van der Waals surface area contributed by atoms with Gasteiger partial charge in [-0.3, -0.25) is 23.6 Å². The van der Waals surface area contributed by atoms with Crippen molar-refractivity contribution in [1.29, 1.82) is 0 Å². The van der Waals surface area contributed by atoms with E-state index < -0.39 is 73.3 Å². The molecular weight excluding hydrogens is 492 g/mol. The first kappa shape index (κ1) is 27.6. The number of hydrogen-bond acceptors (Lipinski definition) is 9. The van der Waals surface area contributed by atoms with Crippen LogP contribution in [0.2, 0.25) is 0 Å². The van der Waals surface area contributed by atoms with Gasteiger partial charge in [0, 0.05) is 36.2 Å². The van der Waals surface area contributed by atoms with E-state index in [1.54, 1.807) is 0 Å². The summed E-state index contributed by atoms with van der Waals surface area (Å²) in [5.74, 6) is -8.37. The number of aliphatic carboxylic acids is 3. The third-order valence-electron chi connectivity index (χ3n) is 6.31. The lowest BCUT2D eigenvalue weighted by molar-refractivity contribution is -0.233. The summed E-state index contributed by atoms with van der Waals surface area (Å²) < 4.78 is 17.8. The fraction of sp³-hybridized carbons (Fsp3) is 0.500. The van der Waals surface area contributed by atoms with Crippen LogP contribution >= 0.6 is 0 Å². The topological polar surface area (TPSA) is 191 Å². The highest BCUT2D eigenvalue weighted by Crippen LogP contribution is 2.42. The number of carboxylic acid groups (broad SMARTS) is 3. The van der Waals surface area contributed by atoms with E-state index in [1.807, 2.05) is 6.92 Å². The molecule has 1 aliphatic heterocycles. The first-order valence-electron chi connectivity index (χ1n) is 11.6. The lowest BCUT2D eigenvalue weighted by Crippen LogP contribution is -2.54. The predicted molar refractivity (Wildman–Crippen MR) is 124 cm³/mol. The van der Waals surface area contributed by atoms with Gasteiger partial charge in [-0.2, -0.15) is 0 Å². The average molecular weight is 520 g/mol. The third kappa shape index (κ3) is 6.23. The van der Waals surface area contributed by atoms with E-state index in [4.69, 9.17) is 14.2 Å². The molecule has 13 nitrogen and oxygen atoms in total. The van der Waals surface area contributed by atoms with Gasteiger partial charge in [0.2, 0.25) is 6.29 Å². The molecule has 0 unspecified atom stereocenters. The maximum absolute atomic E-state index is 12.8. The van der Waals surface area contributed by atoms with Crippen LogP contribution in [-0.2, 0) is 35.1 Å². The molecule has 2 aromatic rings. The van der Waals surface area contributed by atoms with Crippen LogP contribution in [0.3, 0.4) is 0 Å². The zero-order valence-corrected chi connectivity index (χ0v) is 20.2. The fourth-order valence-electron chi connectivity index (χ4n) is 4.74. The van der Waals surface area contributed by atoms with Crippen molar-refractivity contribution in [2.45, 2.75) is 51.4 Å². The number of esters is 1. The minimum atomic E-state index is -1.54. The molecule has 0 aromatic carbocycles. The molecule has 5 atom stereocenters. The van der Waals surface area contributed by atoms with E-state index in [0.29, 0.717) is 12.0 Å². The number of ether oxygens (including phenoxy) is 3. The SMILES string of the molecule is CCCc1cnc2c(O[C@@H]3O[C@H](C(=O)OC)[C@@H](CC(=O)O)[C@H](CC(=O)O)[C@H]3CC(=O)O)cccn2c1=O. The van der Waals surface area contributed by atoms with E-state index in [-0.39, 0.29) is 17.0 Å². The van der Waals surface area contributed by atoms with Crippen molar-refractivity contribution in [3.05, 3.63) is 40.4 Å². The second-order valence-electron chi connectivity index (χ2n) is 8.76. The van der Waals surface area contributed by atoms with Crippen molar-refractivity contribution in [3.63, 3.8) is 0 Å². The molecule has 3 heterocycles. The maximum atomic E-state index is 12.8. The second kappa shape index (κ2) is 11.8. The Labute approximate surface area is 210 Å². The summed E-state index contributed by atoms with van der Waals surface area (Å²) in [5, 5.41) is 28.5. The molecule has 3 N–H and O–H groups in total. The number of carbonyl (C=O) groups is 4. The number of carbonyl (C=O) groups excluding carboxylic acids is 1. The molecule has 0 spiro atoms. The highest BCUT2D eigenvalue weighted by atomic mass is 16.7. The molecule has 13 heteroatoms. The second-order valence-corrected chi connectivity index (χ2v) is 8.76. The molecule has 3 rings (SSSR count). The lowest BCUT2D eigenvalue weighted by atomic mass is 9.71. The molecule has 1 saturated heterocycles. The Balaban J connectivity index is 2.10. The lowest BCUT2D eigenvalue weighted by Gasteiger charge is -2.44. The highest BCUT2D eigenvalue weighted by molar-refractivity contribution is 5.77. The summed E-state index contributed by atoms with van der Waals surface area (Å²) in [7, 11) is 1.06. The number of nitrogens with zero attached hydrogens (tertiary/aromatic N) is 2. The van der Waals surface area contributed by atoms with Crippen LogP contribution in [0, 0.1) is 17.8 Å². The van der Waals surface area contributed by atoms with E-state index in [0.717, 1.165) is 13.5 Å². The molecule has 1 fully saturated rings. The van der Waals surface area contributed by atoms with Gasteiger partial charge in [-0.15, -0.1) is 0 Å². The van der Waals surface area contributed by atoms with Gasteiger partial charge in [-0.1, -0.05) is 13.3 Å².